The zero-order valence-electron chi connectivity index (χ0n) is 13.5. The summed E-state index contributed by atoms with van der Waals surface area (Å²) in [7, 11) is 1.51. The fraction of sp³-hybridized carbons (Fsp3) is 0.176. The summed E-state index contributed by atoms with van der Waals surface area (Å²) in [6.07, 6.45) is 1.55. The molecule has 2 aromatic rings. The van der Waals surface area contributed by atoms with E-state index in [4.69, 9.17) is 9.47 Å². The van der Waals surface area contributed by atoms with Gasteiger partial charge in [-0.1, -0.05) is 15.9 Å². The maximum absolute atomic E-state index is 12.3. The predicted octanol–water partition coefficient (Wildman–Crippen LogP) is 5.15. The van der Waals surface area contributed by atoms with Gasteiger partial charge in [0, 0.05) is 4.47 Å². The third kappa shape index (κ3) is 5.29. The summed E-state index contributed by atoms with van der Waals surface area (Å²) in [5, 5.41) is 4.00. The van der Waals surface area contributed by atoms with E-state index in [0.717, 1.165) is 24.7 Å². The number of rotatable bonds is 6. The molecule has 0 spiro atoms. The number of nitrogens with one attached hydrogen (secondary N) is 1. The van der Waals surface area contributed by atoms with Gasteiger partial charge < -0.3 is 9.47 Å². The van der Waals surface area contributed by atoms with E-state index in [9.17, 15) is 4.79 Å². The van der Waals surface area contributed by atoms with Crippen LogP contribution in [0.4, 0.5) is 0 Å². The smallest absolute Gasteiger partial charge is 0.275 e. The second kappa shape index (κ2) is 9.35. The van der Waals surface area contributed by atoms with Crippen molar-refractivity contribution in [3.05, 3.63) is 54.9 Å². The second-order valence-electron chi connectivity index (χ2n) is 4.79. The molecule has 0 aliphatic heterocycles. The molecule has 2 aromatic carbocycles. The Morgan fingerprint density at radius 1 is 1.20 bits per heavy atom. The highest BCUT2D eigenvalue weighted by molar-refractivity contribution is 9.11. The van der Waals surface area contributed by atoms with Crippen molar-refractivity contribution in [1.82, 2.24) is 5.43 Å². The van der Waals surface area contributed by atoms with Crippen molar-refractivity contribution in [2.75, 3.05) is 13.7 Å². The lowest BCUT2D eigenvalue weighted by Crippen LogP contribution is -2.18. The van der Waals surface area contributed by atoms with Gasteiger partial charge in [0.15, 0.2) is 0 Å². The summed E-state index contributed by atoms with van der Waals surface area (Å²) in [4.78, 5) is 12.3. The van der Waals surface area contributed by atoms with E-state index >= 15 is 0 Å². The van der Waals surface area contributed by atoms with E-state index in [1.165, 1.54) is 7.11 Å². The lowest BCUT2D eigenvalue weighted by molar-refractivity contribution is 0.0952. The molecule has 25 heavy (non-hydrogen) atoms. The Morgan fingerprint density at radius 3 is 2.48 bits per heavy atom. The third-order valence-corrected chi connectivity index (χ3v) is 4.77. The van der Waals surface area contributed by atoms with Crippen molar-refractivity contribution in [3.63, 3.8) is 0 Å². The lowest BCUT2D eigenvalue weighted by Gasteiger charge is -2.09. The van der Waals surface area contributed by atoms with Crippen molar-refractivity contribution in [1.29, 1.82) is 0 Å². The van der Waals surface area contributed by atoms with E-state index in [1.54, 1.807) is 24.4 Å². The number of halogens is 3. The summed E-state index contributed by atoms with van der Waals surface area (Å²) in [6, 6.07) is 8.89. The minimum Gasteiger partial charge on any atom is -0.496 e. The van der Waals surface area contributed by atoms with Crippen molar-refractivity contribution in [2.45, 2.75) is 6.92 Å². The van der Waals surface area contributed by atoms with Crippen molar-refractivity contribution >= 4 is 59.9 Å². The molecule has 0 aliphatic carbocycles. The van der Waals surface area contributed by atoms with Gasteiger partial charge in [-0.05, 0) is 74.7 Å². The number of hydrazone groups is 1. The van der Waals surface area contributed by atoms with Gasteiger partial charge in [0.2, 0.25) is 0 Å². The zero-order valence-corrected chi connectivity index (χ0v) is 18.2. The number of hydrogen-bond acceptors (Lipinski definition) is 4. The number of benzene rings is 2. The molecule has 0 heterocycles. The van der Waals surface area contributed by atoms with Gasteiger partial charge in [-0.2, -0.15) is 5.10 Å². The highest BCUT2D eigenvalue weighted by Gasteiger charge is 2.12. The van der Waals surface area contributed by atoms with Crippen molar-refractivity contribution in [3.8, 4) is 11.5 Å². The minimum atomic E-state index is -0.363. The zero-order chi connectivity index (χ0) is 18.4. The quantitative estimate of drug-likeness (QED) is 0.412. The number of carbonyl (C=O) groups is 1. The number of methoxy groups -OCH3 is 1. The normalized spacial score (nSPS) is 10.8. The molecular weight excluding hydrogens is 520 g/mol. The maximum atomic E-state index is 12.3. The molecule has 0 saturated heterocycles. The van der Waals surface area contributed by atoms with E-state index in [1.807, 2.05) is 19.1 Å². The first-order valence-electron chi connectivity index (χ1n) is 7.25. The summed E-state index contributed by atoms with van der Waals surface area (Å²) >= 11 is 10.3. The van der Waals surface area contributed by atoms with E-state index in [-0.39, 0.29) is 5.91 Å². The van der Waals surface area contributed by atoms with Gasteiger partial charge in [-0.15, -0.1) is 0 Å². The second-order valence-corrected chi connectivity index (χ2v) is 7.41. The molecule has 0 radical (unpaired) electrons. The van der Waals surface area contributed by atoms with Gasteiger partial charge in [0.1, 0.15) is 11.5 Å². The Hall–Kier alpha value is -1.38. The van der Waals surface area contributed by atoms with E-state index < -0.39 is 0 Å². The molecule has 0 bridgehead atoms. The van der Waals surface area contributed by atoms with Gasteiger partial charge in [0.25, 0.3) is 5.91 Å². The average molecular weight is 535 g/mol. The summed E-state index contributed by atoms with van der Waals surface area (Å²) in [5.41, 5.74) is 3.68. The lowest BCUT2D eigenvalue weighted by atomic mass is 10.2. The van der Waals surface area contributed by atoms with Crippen LogP contribution in [0.15, 0.2) is 48.9 Å². The number of amides is 1. The van der Waals surface area contributed by atoms with Gasteiger partial charge in [-0.3, -0.25) is 4.79 Å². The van der Waals surface area contributed by atoms with Crippen molar-refractivity contribution in [2.24, 2.45) is 5.10 Å². The molecule has 0 aliphatic rings. The maximum Gasteiger partial charge on any atom is 0.275 e. The monoisotopic (exact) mass is 532 g/mol. The number of carbonyl (C=O) groups excluding carboxylic acids is 1. The first kappa shape index (κ1) is 19.9. The van der Waals surface area contributed by atoms with Crippen LogP contribution in [0.1, 0.15) is 22.8 Å². The standard InChI is InChI=1S/C17H15Br3N2O3/c1-3-25-16-13(19)6-10(7-14(16)20)9-21-22-17(23)12-8-11(18)4-5-15(12)24-2/h4-9H,3H2,1-2H3,(H,22,23)/b21-9-. The van der Waals surface area contributed by atoms with Gasteiger partial charge >= 0.3 is 0 Å². The number of hydrogen-bond donors (Lipinski definition) is 1. The first-order valence-corrected chi connectivity index (χ1v) is 9.63. The molecule has 8 heteroatoms. The van der Waals surface area contributed by atoms with E-state index in [0.29, 0.717) is 17.9 Å². The Bertz CT molecular complexity index is 787. The van der Waals surface area contributed by atoms with Crippen LogP contribution in [0, 0.1) is 0 Å². The highest BCUT2D eigenvalue weighted by Crippen LogP contribution is 2.34. The molecule has 0 fully saturated rings. The molecule has 5 nitrogen and oxygen atoms in total. The highest BCUT2D eigenvalue weighted by atomic mass is 79.9. The SMILES string of the molecule is CCOc1c(Br)cc(/C=N\NC(=O)c2cc(Br)ccc2OC)cc1Br. The molecule has 1 amide bonds. The summed E-state index contributed by atoms with van der Waals surface area (Å²) in [5.74, 6) is 0.837. The molecule has 0 aromatic heterocycles. The van der Waals surface area contributed by atoms with Crippen LogP contribution in [0.5, 0.6) is 11.5 Å². The molecule has 132 valence electrons. The fourth-order valence-electron chi connectivity index (χ4n) is 2.02. The Balaban J connectivity index is 2.13. The molecule has 2 rings (SSSR count). The van der Waals surface area contributed by atoms with Crippen LogP contribution in [-0.4, -0.2) is 25.8 Å². The average Bonchev–Trinajstić information content (AvgIpc) is 2.58. The minimum absolute atomic E-state index is 0.363. The van der Waals surface area contributed by atoms with E-state index in [2.05, 4.69) is 58.3 Å². The largest absolute Gasteiger partial charge is 0.496 e. The van der Waals surface area contributed by atoms with Crippen LogP contribution < -0.4 is 14.9 Å². The molecule has 0 unspecified atom stereocenters. The van der Waals surface area contributed by atoms with Crippen LogP contribution in [-0.2, 0) is 0 Å². The Labute approximate surface area is 171 Å². The predicted molar refractivity (Wildman–Crippen MR) is 109 cm³/mol. The van der Waals surface area contributed by atoms with Crippen molar-refractivity contribution < 1.29 is 14.3 Å². The molecule has 0 atom stereocenters. The summed E-state index contributed by atoms with van der Waals surface area (Å²) < 4.78 is 13.1. The van der Waals surface area contributed by atoms with Crippen LogP contribution in [0.25, 0.3) is 0 Å². The molecular formula is C17H15Br3N2O3. The topological polar surface area (TPSA) is 59.9 Å². The Morgan fingerprint density at radius 2 is 1.88 bits per heavy atom. The van der Waals surface area contributed by atoms with Crippen LogP contribution in [0.2, 0.25) is 0 Å². The fourth-order valence-corrected chi connectivity index (χ4v) is 3.83. The third-order valence-electron chi connectivity index (χ3n) is 3.10. The van der Waals surface area contributed by atoms with Crippen LogP contribution >= 0.6 is 47.8 Å². The number of nitrogens with zero attached hydrogens (tertiary/aromatic N) is 1. The first-order chi connectivity index (χ1) is 12.0. The Kier molecular flexibility index (Phi) is 7.46. The molecule has 0 saturated carbocycles. The molecule has 1 N–H and O–H groups in total. The number of ether oxygens (including phenoxy) is 2. The van der Waals surface area contributed by atoms with Gasteiger partial charge in [-0.25, -0.2) is 5.43 Å². The van der Waals surface area contributed by atoms with Gasteiger partial charge in [0.05, 0.1) is 34.4 Å². The van der Waals surface area contributed by atoms with Crippen LogP contribution in [0.3, 0.4) is 0 Å². The summed E-state index contributed by atoms with van der Waals surface area (Å²) in [6.45, 7) is 2.48.